The Labute approximate surface area is 151 Å². The molecule has 1 aliphatic rings. The second-order valence-electron chi connectivity index (χ2n) is 6.57. The molecule has 132 valence electrons. The Bertz CT molecular complexity index is 916. The fraction of sp³-hybridized carbons (Fsp3) is 0.300. The molecule has 6 nitrogen and oxygen atoms in total. The maximum atomic E-state index is 12.5. The number of hydrogen-bond acceptors (Lipinski definition) is 5. The molecule has 3 aromatic rings. The number of rotatable bonds is 4. The third-order valence-corrected chi connectivity index (χ3v) is 4.75. The highest BCUT2D eigenvalue weighted by Gasteiger charge is 2.34. The van der Waals surface area contributed by atoms with Crippen LogP contribution in [0.15, 0.2) is 47.1 Å². The van der Waals surface area contributed by atoms with Crippen molar-refractivity contribution in [1.29, 1.82) is 0 Å². The molecule has 26 heavy (non-hydrogen) atoms. The van der Waals surface area contributed by atoms with Crippen molar-refractivity contribution in [3.63, 3.8) is 0 Å². The van der Waals surface area contributed by atoms with E-state index in [0.717, 1.165) is 23.4 Å². The third-order valence-electron chi connectivity index (χ3n) is 4.75. The Kier molecular flexibility index (Phi) is 4.24. The van der Waals surface area contributed by atoms with Gasteiger partial charge in [0, 0.05) is 36.5 Å². The van der Waals surface area contributed by atoms with E-state index in [0.29, 0.717) is 24.7 Å². The smallest absolute Gasteiger partial charge is 0.259 e. The van der Waals surface area contributed by atoms with Gasteiger partial charge in [0.05, 0.1) is 5.56 Å². The van der Waals surface area contributed by atoms with Crippen LogP contribution in [0.2, 0.25) is 0 Å². The first-order valence-electron chi connectivity index (χ1n) is 8.80. The fourth-order valence-corrected chi connectivity index (χ4v) is 3.15. The average molecular weight is 348 g/mol. The van der Waals surface area contributed by atoms with Crippen LogP contribution in [0.5, 0.6) is 0 Å². The molecule has 0 radical (unpaired) electrons. The first kappa shape index (κ1) is 16.4. The van der Waals surface area contributed by atoms with Gasteiger partial charge < -0.3 is 9.42 Å². The number of anilines is 1. The molecule has 6 heteroatoms. The van der Waals surface area contributed by atoms with Crippen molar-refractivity contribution in [1.82, 2.24) is 15.1 Å². The zero-order chi connectivity index (χ0) is 18.1. The van der Waals surface area contributed by atoms with Gasteiger partial charge in [-0.3, -0.25) is 9.78 Å². The molecular formula is C20H20N4O2. The molecule has 0 unspecified atom stereocenters. The minimum atomic E-state index is -0.0655. The van der Waals surface area contributed by atoms with Crippen molar-refractivity contribution in [3.8, 4) is 11.5 Å². The molecule has 4 rings (SSSR count). The number of carbonyl (C=O) groups excluding carboxylic acids is 1. The molecule has 1 aromatic carbocycles. The Hall–Kier alpha value is -3.02. The molecule has 1 fully saturated rings. The number of nitrogens with zero attached hydrogens (tertiary/aromatic N) is 4. The fourth-order valence-electron chi connectivity index (χ4n) is 3.15. The van der Waals surface area contributed by atoms with Crippen LogP contribution in [0.1, 0.15) is 36.3 Å². The van der Waals surface area contributed by atoms with E-state index in [9.17, 15) is 4.79 Å². The zero-order valence-corrected chi connectivity index (χ0v) is 14.8. The van der Waals surface area contributed by atoms with Crippen molar-refractivity contribution in [3.05, 3.63) is 59.7 Å². The highest BCUT2D eigenvalue weighted by molar-refractivity contribution is 5.96. The quantitative estimate of drug-likeness (QED) is 0.721. The van der Waals surface area contributed by atoms with Crippen LogP contribution < -0.4 is 4.90 Å². The number of aromatic nitrogens is 3. The third kappa shape index (κ3) is 3.10. The van der Waals surface area contributed by atoms with E-state index < -0.39 is 0 Å². The lowest BCUT2D eigenvalue weighted by Gasteiger charge is -2.16. The molecule has 1 aliphatic heterocycles. The maximum Gasteiger partial charge on any atom is 0.259 e. The summed E-state index contributed by atoms with van der Waals surface area (Å²) in [7, 11) is 0. The van der Waals surface area contributed by atoms with Crippen molar-refractivity contribution in [2.75, 3.05) is 11.4 Å². The summed E-state index contributed by atoms with van der Waals surface area (Å²) in [5.74, 6) is 1.03. The lowest BCUT2D eigenvalue weighted by atomic mass is 10.1. The second-order valence-corrected chi connectivity index (χ2v) is 6.57. The van der Waals surface area contributed by atoms with E-state index in [-0.39, 0.29) is 11.8 Å². The summed E-state index contributed by atoms with van der Waals surface area (Å²) in [5.41, 5.74) is 3.89. The van der Waals surface area contributed by atoms with Gasteiger partial charge in [-0.1, -0.05) is 24.2 Å². The number of aryl methyl sites for hydroxylation is 2. The van der Waals surface area contributed by atoms with Gasteiger partial charge in [0.2, 0.25) is 5.91 Å². The molecule has 1 atom stereocenters. The molecular weight excluding hydrogens is 328 g/mol. The lowest BCUT2D eigenvalue weighted by molar-refractivity contribution is -0.117. The van der Waals surface area contributed by atoms with Gasteiger partial charge in [-0.2, -0.15) is 4.98 Å². The van der Waals surface area contributed by atoms with Gasteiger partial charge in [-0.25, -0.2) is 0 Å². The van der Waals surface area contributed by atoms with Crippen LogP contribution in [0.25, 0.3) is 11.5 Å². The minimum Gasteiger partial charge on any atom is -0.334 e. The van der Waals surface area contributed by atoms with Gasteiger partial charge in [0.15, 0.2) is 5.82 Å². The first-order chi connectivity index (χ1) is 12.6. The van der Waals surface area contributed by atoms with Crippen LogP contribution in [0.3, 0.4) is 0 Å². The van der Waals surface area contributed by atoms with Crippen molar-refractivity contribution >= 4 is 11.6 Å². The van der Waals surface area contributed by atoms with Crippen molar-refractivity contribution in [2.24, 2.45) is 0 Å². The molecule has 3 heterocycles. The first-order valence-corrected chi connectivity index (χ1v) is 8.80. The molecule has 1 saturated heterocycles. The summed E-state index contributed by atoms with van der Waals surface area (Å²) in [6.07, 6.45) is 3.09. The van der Waals surface area contributed by atoms with Crippen LogP contribution >= 0.6 is 0 Å². The number of pyridine rings is 1. The molecule has 0 bridgehead atoms. The highest BCUT2D eigenvalue weighted by atomic mass is 16.5. The summed E-state index contributed by atoms with van der Waals surface area (Å²) < 4.78 is 5.38. The molecule has 0 saturated carbocycles. The summed E-state index contributed by atoms with van der Waals surface area (Å²) in [6.45, 7) is 4.60. The van der Waals surface area contributed by atoms with E-state index in [1.807, 2.05) is 31.2 Å². The Morgan fingerprint density at radius 1 is 1.19 bits per heavy atom. The molecule has 1 amide bonds. The van der Waals surface area contributed by atoms with E-state index in [1.165, 1.54) is 5.56 Å². The van der Waals surface area contributed by atoms with Gasteiger partial charge in [0.25, 0.3) is 5.89 Å². The highest BCUT2D eigenvalue weighted by Crippen LogP contribution is 2.31. The Balaban J connectivity index is 1.52. The number of hydrogen-bond donors (Lipinski definition) is 0. The van der Waals surface area contributed by atoms with E-state index in [2.05, 4.69) is 34.2 Å². The number of carbonyl (C=O) groups is 1. The van der Waals surface area contributed by atoms with Crippen LogP contribution in [-0.4, -0.2) is 27.6 Å². The maximum absolute atomic E-state index is 12.5. The predicted molar refractivity (Wildman–Crippen MR) is 97.8 cm³/mol. The lowest BCUT2D eigenvalue weighted by Crippen LogP contribution is -2.24. The van der Waals surface area contributed by atoms with Crippen LogP contribution in [-0.2, 0) is 11.2 Å². The van der Waals surface area contributed by atoms with Crippen molar-refractivity contribution < 1.29 is 9.32 Å². The topological polar surface area (TPSA) is 72.1 Å². The number of amides is 1. The van der Waals surface area contributed by atoms with Gasteiger partial charge in [0.1, 0.15) is 0 Å². The standard InChI is InChI=1S/C20H20N4O2/c1-3-14-5-8-17(9-6-14)24-12-16(10-18(24)25)19-22-20(26-23-19)15-7-4-13(2)21-11-15/h4-9,11,16H,3,10,12H2,1-2H3/t16-/m1/s1. The van der Waals surface area contributed by atoms with Gasteiger partial charge >= 0.3 is 0 Å². The van der Waals surface area contributed by atoms with Crippen molar-refractivity contribution in [2.45, 2.75) is 32.6 Å². The predicted octanol–water partition coefficient (Wildman–Crippen LogP) is 3.52. The normalized spacial score (nSPS) is 17.1. The molecule has 0 N–H and O–H groups in total. The average Bonchev–Trinajstić information content (AvgIpc) is 3.29. The largest absolute Gasteiger partial charge is 0.334 e. The van der Waals surface area contributed by atoms with Gasteiger partial charge in [-0.15, -0.1) is 0 Å². The van der Waals surface area contributed by atoms with E-state index in [1.54, 1.807) is 11.1 Å². The zero-order valence-electron chi connectivity index (χ0n) is 14.8. The van der Waals surface area contributed by atoms with E-state index >= 15 is 0 Å². The van der Waals surface area contributed by atoms with Gasteiger partial charge in [-0.05, 0) is 43.2 Å². The molecule has 2 aromatic heterocycles. The van der Waals surface area contributed by atoms with Crippen LogP contribution in [0, 0.1) is 6.92 Å². The molecule has 0 spiro atoms. The Morgan fingerprint density at radius 2 is 2.00 bits per heavy atom. The SMILES string of the molecule is CCc1ccc(N2C[C@H](c3noc(-c4ccc(C)nc4)n3)CC2=O)cc1. The molecule has 0 aliphatic carbocycles. The second kappa shape index (κ2) is 6.71. The summed E-state index contributed by atoms with van der Waals surface area (Å²) in [6, 6.07) is 11.9. The van der Waals surface area contributed by atoms with Crippen LogP contribution in [0.4, 0.5) is 5.69 Å². The number of benzene rings is 1. The summed E-state index contributed by atoms with van der Waals surface area (Å²) >= 11 is 0. The minimum absolute atomic E-state index is 0.0655. The monoisotopic (exact) mass is 348 g/mol. The van der Waals surface area contributed by atoms with E-state index in [4.69, 9.17) is 4.52 Å². The summed E-state index contributed by atoms with van der Waals surface area (Å²) in [5, 5.41) is 4.09. The Morgan fingerprint density at radius 3 is 2.69 bits per heavy atom. The summed E-state index contributed by atoms with van der Waals surface area (Å²) in [4.78, 5) is 23.0.